The Balaban J connectivity index is 1.57. The van der Waals surface area contributed by atoms with Gasteiger partial charge in [-0.15, -0.1) is 11.3 Å². The largest absolute Gasteiger partial charge is 0.355 e. The number of thiophene rings is 1. The first-order valence-corrected chi connectivity index (χ1v) is 14.0. The normalized spacial score (nSPS) is 20.7. The van der Waals surface area contributed by atoms with E-state index in [1.165, 1.54) is 0 Å². The van der Waals surface area contributed by atoms with Gasteiger partial charge in [0.05, 0.1) is 12.0 Å². The van der Waals surface area contributed by atoms with E-state index in [9.17, 15) is 9.59 Å². The number of carbonyl (C=O) groups excluding carboxylic acids is 2. The van der Waals surface area contributed by atoms with E-state index in [2.05, 4.69) is 40.4 Å². The minimum atomic E-state index is -0.379. The minimum Gasteiger partial charge on any atom is -0.355 e. The van der Waals surface area contributed by atoms with Crippen LogP contribution in [0.1, 0.15) is 91.6 Å². The van der Waals surface area contributed by atoms with Gasteiger partial charge in [-0.25, -0.2) is 0 Å². The van der Waals surface area contributed by atoms with Crippen molar-refractivity contribution in [3.05, 3.63) is 57.8 Å². The summed E-state index contributed by atoms with van der Waals surface area (Å²) in [6, 6.07) is 11.8. The van der Waals surface area contributed by atoms with E-state index in [0.29, 0.717) is 12.1 Å². The SMILES string of the molecule is CCCN(CCC)CCCNC(=O)[C@@H]1c2ccccc2C(=O)N(C2CCCC2)[C@H]1c1cccs1. The van der Waals surface area contributed by atoms with Crippen LogP contribution < -0.4 is 5.32 Å². The van der Waals surface area contributed by atoms with E-state index in [1.807, 2.05) is 30.3 Å². The predicted octanol–water partition coefficient (Wildman–Crippen LogP) is 5.60. The third-order valence-corrected chi connectivity index (χ3v) is 8.18. The first-order valence-electron chi connectivity index (χ1n) is 13.1. The molecule has 1 aromatic carbocycles. The van der Waals surface area contributed by atoms with Gasteiger partial charge in [0.1, 0.15) is 0 Å². The number of hydrogen-bond acceptors (Lipinski definition) is 4. The molecule has 1 N–H and O–H groups in total. The smallest absolute Gasteiger partial charge is 0.254 e. The van der Waals surface area contributed by atoms with Crippen molar-refractivity contribution in [1.82, 2.24) is 15.1 Å². The van der Waals surface area contributed by atoms with E-state index in [0.717, 1.165) is 75.0 Å². The summed E-state index contributed by atoms with van der Waals surface area (Å²) >= 11 is 1.65. The second-order valence-corrected chi connectivity index (χ2v) is 10.6. The van der Waals surface area contributed by atoms with Gasteiger partial charge in [0, 0.05) is 23.0 Å². The van der Waals surface area contributed by atoms with E-state index in [4.69, 9.17) is 0 Å². The zero-order chi connectivity index (χ0) is 23.9. The number of amides is 2. The van der Waals surface area contributed by atoms with Gasteiger partial charge in [0.15, 0.2) is 0 Å². The lowest BCUT2D eigenvalue weighted by Crippen LogP contribution is -2.50. The average Bonchev–Trinajstić information content (AvgIpc) is 3.56. The van der Waals surface area contributed by atoms with Gasteiger partial charge in [-0.2, -0.15) is 0 Å². The van der Waals surface area contributed by atoms with Gasteiger partial charge >= 0.3 is 0 Å². The van der Waals surface area contributed by atoms with Gasteiger partial charge in [0.25, 0.3) is 5.91 Å². The van der Waals surface area contributed by atoms with Crippen LogP contribution in [0, 0.1) is 0 Å². The molecule has 5 nitrogen and oxygen atoms in total. The Morgan fingerprint density at radius 1 is 1.06 bits per heavy atom. The van der Waals surface area contributed by atoms with E-state index >= 15 is 0 Å². The molecule has 4 rings (SSSR count). The molecule has 0 saturated heterocycles. The molecule has 2 heterocycles. The Morgan fingerprint density at radius 3 is 2.47 bits per heavy atom. The Morgan fingerprint density at radius 2 is 1.79 bits per heavy atom. The zero-order valence-corrected chi connectivity index (χ0v) is 21.5. The second kappa shape index (κ2) is 12.0. The first kappa shape index (κ1) is 24.9. The maximum absolute atomic E-state index is 13.8. The molecule has 2 atom stereocenters. The predicted molar refractivity (Wildman–Crippen MR) is 139 cm³/mol. The fourth-order valence-electron chi connectivity index (χ4n) is 5.77. The molecule has 1 aliphatic heterocycles. The fourth-order valence-corrected chi connectivity index (χ4v) is 6.63. The van der Waals surface area contributed by atoms with Crippen molar-refractivity contribution < 1.29 is 9.59 Å². The fraction of sp³-hybridized carbons (Fsp3) is 0.571. The molecule has 1 saturated carbocycles. The number of carbonyl (C=O) groups is 2. The van der Waals surface area contributed by atoms with Gasteiger partial charge in [-0.1, -0.05) is 51.0 Å². The quantitative estimate of drug-likeness (QED) is 0.425. The number of nitrogens with zero attached hydrogens (tertiary/aromatic N) is 2. The summed E-state index contributed by atoms with van der Waals surface area (Å²) in [5, 5.41) is 5.31. The summed E-state index contributed by atoms with van der Waals surface area (Å²) in [4.78, 5) is 33.2. The molecule has 0 spiro atoms. The lowest BCUT2D eigenvalue weighted by molar-refractivity contribution is -0.124. The minimum absolute atomic E-state index is 0.0406. The molecule has 0 bridgehead atoms. The highest BCUT2D eigenvalue weighted by atomic mass is 32.1. The van der Waals surface area contributed by atoms with Gasteiger partial charge in [-0.3, -0.25) is 9.59 Å². The molecule has 34 heavy (non-hydrogen) atoms. The molecular formula is C28H39N3O2S. The van der Waals surface area contributed by atoms with Crippen LogP contribution in [0.15, 0.2) is 41.8 Å². The van der Waals surface area contributed by atoms with Crippen LogP contribution in [0.3, 0.4) is 0 Å². The van der Waals surface area contributed by atoms with Crippen molar-refractivity contribution >= 4 is 23.2 Å². The van der Waals surface area contributed by atoms with E-state index < -0.39 is 0 Å². The van der Waals surface area contributed by atoms with Crippen LogP contribution in [0.2, 0.25) is 0 Å². The first-order chi connectivity index (χ1) is 16.7. The van der Waals surface area contributed by atoms with Crippen LogP contribution in [0.5, 0.6) is 0 Å². The van der Waals surface area contributed by atoms with Crippen molar-refractivity contribution in [3.8, 4) is 0 Å². The Hall–Kier alpha value is -2.18. The Bertz CT molecular complexity index is 933. The summed E-state index contributed by atoms with van der Waals surface area (Å²) in [7, 11) is 0. The van der Waals surface area contributed by atoms with E-state index in [-0.39, 0.29) is 29.8 Å². The number of rotatable bonds is 11. The van der Waals surface area contributed by atoms with Crippen molar-refractivity contribution in [2.45, 2.75) is 76.8 Å². The van der Waals surface area contributed by atoms with E-state index in [1.54, 1.807) is 11.3 Å². The lowest BCUT2D eigenvalue weighted by atomic mass is 9.80. The Kier molecular flexibility index (Phi) is 8.79. The summed E-state index contributed by atoms with van der Waals surface area (Å²) in [6.07, 6.45) is 7.59. The number of nitrogens with one attached hydrogen (secondary N) is 1. The molecule has 2 amide bonds. The standard InChI is InChI=1S/C28H39N3O2S/c1-3-17-30(18-4-2)19-10-16-29-27(32)25-22-13-7-8-14-23(22)28(33)31(21-11-5-6-12-21)26(25)24-15-9-20-34-24/h7-9,13-15,20-21,25-26H,3-6,10-12,16-19H2,1-2H3,(H,29,32)/t25-,26+/m1/s1. The van der Waals surface area contributed by atoms with Crippen molar-refractivity contribution in [2.75, 3.05) is 26.2 Å². The van der Waals surface area contributed by atoms with Gasteiger partial charge < -0.3 is 15.1 Å². The highest BCUT2D eigenvalue weighted by Gasteiger charge is 2.47. The summed E-state index contributed by atoms with van der Waals surface area (Å²) in [5.41, 5.74) is 1.57. The van der Waals surface area contributed by atoms with Crippen molar-refractivity contribution in [3.63, 3.8) is 0 Å². The van der Waals surface area contributed by atoms with Crippen LogP contribution in [0.4, 0.5) is 0 Å². The van der Waals surface area contributed by atoms with Crippen LogP contribution in [-0.4, -0.2) is 53.8 Å². The zero-order valence-electron chi connectivity index (χ0n) is 20.7. The highest BCUT2D eigenvalue weighted by Crippen LogP contribution is 2.47. The molecular weight excluding hydrogens is 442 g/mol. The van der Waals surface area contributed by atoms with Crippen LogP contribution >= 0.6 is 11.3 Å². The number of fused-ring (bicyclic) bond motifs is 1. The second-order valence-electron chi connectivity index (χ2n) is 9.66. The van der Waals surface area contributed by atoms with Gasteiger partial charge in [0.2, 0.25) is 5.91 Å². The van der Waals surface area contributed by atoms with Crippen LogP contribution in [-0.2, 0) is 4.79 Å². The molecule has 2 aromatic rings. The lowest BCUT2D eigenvalue weighted by Gasteiger charge is -2.44. The van der Waals surface area contributed by atoms with Crippen molar-refractivity contribution in [1.29, 1.82) is 0 Å². The summed E-state index contributed by atoms with van der Waals surface area (Å²) in [5.74, 6) is -0.255. The number of hydrogen-bond donors (Lipinski definition) is 1. The van der Waals surface area contributed by atoms with Gasteiger partial charge in [-0.05, 0) is 74.8 Å². The maximum atomic E-state index is 13.8. The summed E-state index contributed by atoms with van der Waals surface area (Å²) in [6.45, 7) is 8.31. The topological polar surface area (TPSA) is 52.7 Å². The molecule has 2 aliphatic rings. The van der Waals surface area contributed by atoms with Crippen LogP contribution in [0.25, 0.3) is 0 Å². The third-order valence-electron chi connectivity index (χ3n) is 7.24. The Labute approximate surface area is 208 Å². The summed E-state index contributed by atoms with van der Waals surface area (Å²) < 4.78 is 0. The monoisotopic (exact) mass is 481 g/mol. The molecule has 184 valence electrons. The van der Waals surface area contributed by atoms with Crippen molar-refractivity contribution in [2.24, 2.45) is 0 Å². The third kappa shape index (κ3) is 5.38. The highest BCUT2D eigenvalue weighted by molar-refractivity contribution is 7.10. The maximum Gasteiger partial charge on any atom is 0.254 e. The molecule has 0 radical (unpaired) electrons. The molecule has 6 heteroatoms. The molecule has 0 unspecified atom stereocenters. The molecule has 1 fully saturated rings. The average molecular weight is 482 g/mol. The number of benzene rings is 1. The molecule has 1 aliphatic carbocycles. The molecule has 1 aromatic heterocycles.